The molecule has 0 aliphatic carbocycles. The molecule has 1 aliphatic heterocycles. The van der Waals surface area contributed by atoms with Crippen LogP contribution in [-0.4, -0.2) is 90.0 Å². The van der Waals surface area contributed by atoms with Crippen LogP contribution in [0.3, 0.4) is 0 Å². The van der Waals surface area contributed by atoms with Crippen molar-refractivity contribution in [3.8, 4) is 5.88 Å². The summed E-state index contributed by atoms with van der Waals surface area (Å²) in [6.07, 6.45) is -2.73. The highest BCUT2D eigenvalue weighted by molar-refractivity contribution is 8.13. The molecule has 248 valence electrons. The number of aliphatic hydroxyl groups excluding tert-OH is 1. The van der Waals surface area contributed by atoms with E-state index >= 15 is 0 Å². The van der Waals surface area contributed by atoms with Crippen molar-refractivity contribution in [1.82, 2.24) is 24.6 Å². The molecular formula is C25H39Cl2N6O8PS2. The molecule has 3 rings (SSSR count). The Morgan fingerprint density at radius 2 is 1.98 bits per heavy atom. The second-order valence-corrected chi connectivity index (χ2v) is 16.9. The third-order valence-corrected chi connectivity index (χ3v) is 10.7. The zero-order chi connectivity index (χ0) is 33.0. The molecule has 4 N–H and O–H groups in total. The highest BCUT2D eigenvalue weighted by Gasteiger charge is 2.56. The monoisotopic (exact) mass is 716 g/mol. The fourth-order valence-electron chi connectivity index (χ4n) is 3.84. The summed E-state index contributed by atoms with van der Waals surface area (Å²) in [6.45, 7) is 8.85. The van der Waals surface area contributed by atoms with Gasteiger partial charge in [0.2, 0.25) is 11.8 Å². The normalized spacial score (nSPS) is 22.2. The molecule has 2 aromatic heterocycles. The van der Waals surface area contributed by atoms with Crippen LogP contribution >= 0.6 is 41.6 Å². The van der Waals surface area contributed by atoms with Gasteiger partial charge in [0.05, 0.1) is 32.3 Å². The van der Waals surface area contributed by atoms with Gasteiger partial charge in [-0.25, -0.2) is 10.1 Å². The number of aliphatic hydroxyl groups is 1. The molecule has 0 bridgehead atoms. The van der Waals surface area contributed by atoms with Crippen LogP contribution < -0.4 is 15.6 Å². The van der Waals surface area contributed by atoms with Crippen LogP contribution in [0.15, 0.2) is 6.33 Å². The number of imidazole rings is 1. The summed E-state index contributed by atoms with van der Waals surface area (Å²) in [4.78, 5) is 37.4. The fraction of sp³-hybridized carbons (Fsp3) is 0.720. The molecule has 2 aromatic rings. The Morgan fingerprint density at radius 3 is 2.59 bits per heavy atom. The largest absolute Gasteiger partial charge is 0.476 e. The van der Waals surface area contributed by atoms with E-state index in [1.165, 1.54) is 10.9 Å². The van der Waals surface area contributed by atoms with Crippen molar-refractivity contribution in [3.05, 3.63) is 6.33 Å². The minimum Gasteiger partial charge on any atom is -0.476 e. The molecule has 0 aromatic carbocycles. The van der Waals surface area contributed by atoms with E-state index in [2.05, 4.69) is 20.0 Å². The van der Waals surface area contributed by atoms with Crippen molar-refractivity contribution in [2.45, 2.75) is 83.4 Å². The maximum absolute atomic E-state index is 12.5. The Morgan fingerprint density at radius 1 is 1.30 bits per heavy atom. The Kier molecular flexibility index (Phi) is 12.7. The fourth-order valence-corrected chi connectivity index (χ4v) is 7.70. The standard InChI is InChI=1S/C25H39Cl2N6O8PS2/c1-8-37-19-16-18(30-23(28)31-19)33(12-29-16)21-25(26,27)17(34)15(41-21)11-39-42(43,32-14(4)20(35)40-13(2)3)38-9-10-44-22(36)24(5,6)7/h12-15,17,21,34H,8-11H2,1-7H3,(H,32,43)(H2,28,30,31)/t14-,15-,17-,21-,42+/m1/s1. The van der Waals surface area contributed by atoms with Gasteiger partial charge >= 0.3 is 5.97 Å². The average molecular weight is 718 g/mol. The van der Waals surface area contributed by atoms with Crippen LogP contribution in [0.4, 0.5) is 5.95 Å². The number of alkyl halides is 2. The maximum atomic E-state index is 12.5. The van der Waals surface area contributed by atoms with Gasteiger partial charge in [-0.3, -0.25) is 14.2 Å². The van der Waals surface area contributed by atoms with Gasteiger partial charge in [-0.05, 0) is 39.5 Å². The van der Waals surface area contributed by atoms with Crippen LogP contribution in [-0.2, 0) is 39.9 Å². The van der Waals surface area contributed by atoms with Gasteiger partial charge in [-0.2, -0.15) is 9.97 Å². The van der Waals surface area contributed by atoms with E-state index in [9.17, 15) is 14.7 Å². The second-order valence-electron chi connectivity index (χ2n) is 11.1. The highest BCUT2D eigenvalue weighted by Crippen LogP contribution is 2.50. The van der Waals surface area contributed by atoms with Crippen molar-refractivity contribution >= 4 is 81.6 Å². The number of thioether (sulfide) groups is 1. The minimum atomic E-state index is -3.43. The number of hydrogen-bond donors (Lipinski definition) is 3. The van der Waals surface area contributed by atoms with Crippen LogP contribution in [0.25, 0.3) is 11.2 Å². The van der Waals surface area contributed by atoms with Gasteiger partial charge < -0.3 is 34.1 Å². The smallest absolute Gasteiger partial charge is 0.323 e. The maximum Gasteiger partial charge on any atom is 0.323 e. The van der Waals surface area contributed by atoms with Gasteiger partial charge in [0.1, 0.15) is 18.2 Å². The molecule has 1 saturated heterocycles. The Bertz CT molecular complexity index is 1380. The quantitative estimate of drug-likeness (QED) is 0.111. The summed E-state index contributed by atoms with van der Waals surface area (Å²) in [5.74, 6) is -0.175. The van der Waals surface area contributed by atoms with Crippen molar-refractivity contribution in [2.24, 2.45) is 5.41 Å². The van der Waals surface area contributed by atoms with Crippen LogP contribution in [0.5, 0.6) is 5.88 Å². The highest BCUT2D eigenvalue weighted by atomic mass is 35.5. The van der Waals surface area contributed by atoms with E-state index in [-0.39, 0.29) is 41.9 Å². The number of rotatable bonds is 14. The zero-order valence-corrected chi connectivity index (χ0v) is 29.5. The van der Waals surface area contributed by atoms with Crippen molar-refractivity contribution < 1.29 is 38.0 Å². The van der Waals surface area contributed by atoms with E-state index in [1.54, 1.807) is 27.7 Å². The topological polar surface area (TPSA) is 182 Å². The van der Waals surface area contributed by atoms with Crippen molar-refractivity contribution in [3.63, 3.8) is 0 Å². The van der Waals surface area contributed by atoms with Crippen LogP contribution in [0, 0.1) is 5.41 Å². The van der Waals surface area contributed by atoms with Gasteiger partial charge in [-0.1, -0.05) is 55.7 Å². The Hall–Kier alpha value is -1.33. The molecule has 1 aliphatic rings. The Balaban J connectivity index is 1.78. The first-order valence-electron chi connectivity index (χ1n) is 13.8. The first-order valence-corrected chi connectivity index (χ1v) is 18.2. The number of aromatic nitrogens is 4. The third kappa shape index (κ3) is 9.14. The first kappa shape index (κ1) is 37.1. The predicted octanol–water partition coefficient (Wildman–Crippen LogP) is 3.73. The van der Waals surface area contributed by atoms with E-state index in [0.717, 1.165) is 11.8 Å². The molecule has 44 heavy (non-hydrogen) atoms. The molecule has 0 spiro atoms. The van der Waals surface area contributed by atoms with Crippen LogP contribution in [0.1, 0.15) is 54.7 Å². The minimum absolute atomic E-state index is 0.0151. The summed E-state index contributed by atoms with van der Waals surface area (Å²) in [5, 5.41) is 14.0. The number of carbonyl (C=O) groups excluding carboxylic acids is 2. The molecule has 3 heterocycles. The molecule has 19 heteroatoms. The SMILES string of the molecule is CCOc1nc(N)nc2c1ncn2[C@@H]1O[C@H](CO[P@](=S)(N[C@H](C)C(=O)OC(C)C)OCCSC(=O)C(C)(C)C)[C@@H](O)C1(Cl)Cl. The molecule has 5 atom stereocenters. The van der Waals surface area contributed by atoms with Gasteiger partial charge in [0.15, 0.2) is 26.8 Å². The number of nitrogens with two attached hydrogens (primary N) is 1. The third-order valence-electron chi connectivity index (χ3n) is 5.98. The Labute approximate surface area is 275 Å². The lowest BCUT2D eigenvalue weighted by atomic mass is 10.00. The summed E-state index contributed by atoms with van der Waals surface area (Å²) < 4.78 is 28.3. The molecule has 0 radical (unpaired) electrons. The number of nitrogen functional groups attached to an aromatic ring is 1. The van der Waals surface area contributed by atoms with E-state index < -0.39 is 46.8 Å². The van der Waals surface area contributed by atoms with Crippen molar-refractivity contribution in [2.75, 3.05) is 31.3 Å². The lowest BCUT2D eigenvalue weighted by Crippen LogP contribution is -2.39. The number of ether oxygens (including phenoxy) is 3. The number of hydrogen-bond acceptors (Lipinski definition) is 14. The summed E-state index contributed by atoms with van der Waals surface area (Å²) >= 11 is 20.1. The molecular weight excluding hydrogens is 678 g/mol. The molecule has 1 fully saturated rings. The average Bonchev–Trinajstić information content (AvgIpc) is 3.42. The summed E-state index contributed by atoms with van der Waals surface area (Å²) in [6, 6.07) is -0.892. The first-order chi connectivity index (χ1) is 20.4. The number of anilines is 1. The number of fused-ring (bicyclic) bond motifs is 1. The predicted molar refractivity (Wildman–Crippen MR) is 172 cm³/mol. The lowest BCUT2D eigenvalue weighted by Gasteiger charge is -2.28. The molecule has 0 amide bonds. The molecule has 14 nitrogen and oxygen atoms in total. The zero-order valence-electron chi connectivity index (χ0n) is 25.5. The van der Waals surface area contributed by atoms with Crippen LogP contribution in [0.2, 0.25) is 0 Å². The molecule has 0 saturated carbocycles. The van der Waals surface area contributed by atoms with Gasteiger partial charge in [-0.15, -0.1) is 0 Å². The van der Waals surface area contributed by atoms with Gasteiger partial charge in [0.25, 0.3) is 6.64 Å². The summed E-state index contributed by atoms with van der Waals surface area (Å²) in [5.41, 5.74) is 5.86. The number of halogens is 2. The van der Waals surface area contributed by atoms with Crippen molar-refractivity contribution in [1.29, 1.82) is 0 Å². The number of nitrogens with zero attached hydrogens (tertiary/aromatic N) is 4. The molecule has 0 unspecified atom stereocenters. The van der Waals surface area contributed by atoms with Gasteiger partial charge in [0, 0.05) is 11.2 Å². The number of esters is 1. The van der Waals surface area contributed by atoms with E-state index in [4.69, 9.17) is 64.0 Å². The van der Waals surface area contributed by atoms with E-state index in [0.29, 0.717) is 17.9 Å². The lowest BCUT2D eigenvalue weighted by molar-refractivity contribution is -0.149. The van der Waals surface area contributed by atoms with E-state index in [1.807, 2.05) is 20.8 Å². The number of nitrogens with one attached hydrogen (secondary N) is 1. The summed E-state index contributed by atoms with van der Waals surface area (Å²) in [7, 11) is 0. The second kappa shape index (κ2) is 15.1. The number of carbonyl (C=O) groups is 2.